The normalized spacial score (nSPS) is 11.9. The van der Waals surface area contributed by atoms with Crippen molar-refractivity contribution in [3.8, 4) is 5.75 Å². The van der Waals surface area contributed by atoms with Crippen molar-refractivity contribution < 1.29 is 14.3 Å². The molecular formula is C13H19NO3. The van der Waals surface area contributed by atoms with Gasteiger partial charge in [0, 0.05) is 6.04 Å². The molecule has 0 aromatic heterocycles. The zero-order valence-electron chi connectivity index (χ0n) is 10.5. The maximum absolute atomic E-state index is 10.9. The van der Waals surface area contributed by atoms with E-state index in [1.807, 2.05) is 24.3 Å². The van der Waals surface area contributed by atoms with Crippen LogP contribution in [0.1, 0.15) is 25.5 Å². The van der Waals surface area contributed by atoms with Crippen molar-refractivity contribution in [1.29, 1.82) is 0 Å². The Hall–Kier alpha value is -1.55. The summed E-state index contributed by atoms with van der Waals surface area (Å²) in [6.45, 7) is 5.00. The molecule has 0 spiro atoms. The van der Waals surface area contributed by atoms with Gasteiger partial charge in [0.25, 0.3) is 0 Å². The average Bonchev–Trinajstić information content (AvgIpc) is 2.36. The number of rotatable bonds is 6. The van der Waals surface area contributed by atoms with Crippen LogP contribution in [-0.4, -0.2) is 26.2 Å². The predicted octanol–water partition coefficient (Wildman–Crippen LogP) is 1.91. The first-order valence-corrected chi connectivity index (χ1v) is 5.70. The van der Waals surface area contributed by atoms with Gasteiger partial charge in [0.15, 0.2) is 6.61 Å². The lowest BCUT2D eigenvalue weighted by Crippen LogP contribution is -2.18. The van der Waals surface area contributed by atoms with Gasteiger partial charge in [-0.2, -0.15) is 0 Å². The highest BCUT2D eigenvalue weighted by Crippen LogP contribution is 2.18. The minimum atomic E-state index is -0.380. The first-order valence-electron chi connectivity index (χ1n) is 5.70. The highest BCUT2D eigenvalue weighted by molar-refractivity contribution is 5.70. The molecule has 0 saturated heterocycles. The van der Waals surface area contributed by atoms with Crippen molar-refractivity contribution in [2.75, 3.05) is 20.3 Å². The number of carbonyl (C=O) groups is 1. The monoisotopic (exact) mass is 237 g/mol. The Bertz CT molecular complexity index is 365. The lowest BCUT2D eigenvalue weighted by Gasteiger charge is -2.14. The minimum absolute atomic E-state index is 0.0600. The standard InChI is InChI=1S/C13H19NO3/c1-4-14-10(2)11-6-5-7-12(8-11)17-9-13(15)16-3/h5-8,10,14H,4,9H2,1-3H3. The third-order valence-corrected chi connectivity index (χ3v) is 2.45. The largest absolute Gasteiger partial charge is 0.482 e. The number of nitrogens with one attached hydrogen (secondary N) is 1. The van der Waals surface area contributed by atoms with Gasteiger partial charge in [0.05, 0.1) is 7.11 Å². The number of methoxy groups -OCH3 is 1. The molecule has 17 heavy (non-hydrogen) atoms. The van der Waals surface area contributed by atoms with Gasteiger partial charge in [-0.25, -0.2) is 4.79 Å². The van der Waals surface area contributed by atoms with Crippen LogP contribution >= 0.6 is 0 Å². The molecule has 1 aromatic rings. The summed E-state index contributed by atoms with van der Waals surface area (Å²) >= 11 is 0. The highest BCUT2D eigenvalue weighted by Gasteiger charge is 2.06. The Morgan fingerprint density at radius 1 is 1.47 bits per heavy atom. The summed E-state index contributed by atoms with van der Waals surface area (Å²) in [5, 5.41) is 3.32. The molecule has 0 aliphatic heterocycles. The van der Waals surface area contributed by atoms with E-state index in [1.165, 1.54) is 7.11 Å². The van der Waals surface area contributed by atoms with Gasteiger partial charge < -0.3 is 14.8 Å². The van der Waals surface area contributed by atoms with E-state index in [0.29, 0.717) is 5.75 Å². The number of esters is 1. The van der Waals surface area contributed by atoms with Crippen LogP contribution in [0.4, 0.5) is 0 Å². The molecule has 4 nitrogen and oxygen atoms in total. The summed E-state index contributed by atoms with van der Waals surface area (Å²) in [5.41, 5.74) is 1.13. The topological polar surface area (TPSA) is 47.6 Å². The Balaban J connectivity index is 2.62. The zero-order chi connectivity index (χ0) is 12.7. The van der Waals surface area contributed by atoms with E-state index in [2.05, 4.69) is 23.9 Å². The van der Waals surface area contributed by atoms with Crippen molar-refractivity contribution in [3.05, 3.63) is 29.8 Å². The average molecular weight is 237 g/mol. The first kappa shape index (κ1) is 13.5. The SMILES string of the molecule is CCNC(C)c1cccc(OCC(=O)OC)c1. The Kier molecular flexibility index (Phi) is 5.49. The molecule has 4 heteroatoms. The molecule has 0 bridgehead atoms. The zero-order valence-corrected chi connectivity index (χ0v) is 10.5. The number of benzene rings is 1. The van der Waals surface area contributed by atoms with Crippen molar-refractivity contribution >= 4 is 5.97 Å². The fourth-order valence-electron chi connectivity index (χ4n) is 1.50. The van der Waals surface area contributed by atoms with Gasteiger partial charge >= 0.3 is 5.97 Å². The first-order chi connectivity index (χ1) is 8.17. The predicted molar refractivity (Wildman–Crippen MR) is 66.0 cm³/mol. The van der Waals surface area contributed by atoms with E-state index < -0.39 is 0 Å². The van der Waals surface area contributed by atoms with Crippen LogP contribution in [0.25, 0.3) is 0 Å². The number of ether oxygens (including phenoxy) is 2. The van der Waals surface area contributed by atoms with Crippen LogP contribution in [0.5, 0.6) is 5.75 Å². The van der Waals surface area contributed by atoms with E-state index in [9.17, 15) is 4.79 Å². The molecule has 0 saturated carbocycles. The molecule has 0 radical (unpaired) electrons. The molecule has 0 heterocycles. The molecule has 1 atom stereocenters. The number of hydrogen-bond acceptors (Lipinski definition) is 4. The van der Waals surface area contributed by atoms with Crippen molar-refractivity contribution in [1.82, 2.24) is 5.32 Å². The third-order valence-electron chi connectivity index (χ3n) is 2.45. The van der Waals surface area contributed by atoms with E-state index in [1.54, 1.807) is 0 Å². The van der Waals surface area contributed by atoms with Crippen LogP contribution in [0.15, 0.2) is 24.3 Å². The third kappa shape index (κ3) is 4.44. The Morgan fingerprint density at radius 3 is 2.88 bits per heavy atom. The summed E-state index contributed by atoms with van der Waals surface area (Å²) < 4.78 is 9.84. The second kappa shape index (κ2) is 6.91. The van der Waals surface area contributed by atoms with Crippen LogP contribution in [0, 0.1) is 0 Å². The summed E-state index contributed by atoms with van der Waals surface area (Å²) in [7, 11) is 1.34. The summed E-state index contributed by atoms with van der Waals surface area (Å²) in [4.78, 5) is 10.9. The molecule has 94 valence electrons. The van der Waals surface area contributed by atoms with Crippen LogP contribution in [0.3, 0.4) is 0 Å². The molecular weight excluding hydrogens is 218 g/mol. The highest BCUT2D eigenvalue weighted by atomic mass is 16.6. The minimum Gasteiger partial charge on any atom is -0.482 e. The van der Waals surface area contributed by atoms with E-state index >= 15 is 0 Å². The molecule has 0 amide bonds. The van der Waals surface area contributed by atoms with Gasteiger partial charge in [-0.15, -0.1) is 0 Å². The molecule has 1 rings (SSSR count). The van der Waals surface area contributed by atoms with E-state index in [0.717, 1.165) is 12.1 Å². The molecule has 1 unspecified atom stereocenters. The number of hydrogen-bond donors (Lipinski definition) is 1. The van der Waals surface area contributed by atoms with Crippen molar-refractivity contribution in [3.63, 3.8) is 0 Å². The van der Waals surface area contributed by atoms with Gasteiger partial charge in [-0.3, -0.25) is 0 Å². The number of carbonyl (C=O) groups excluding carboxylic acids is 1. The lowest BCUT2D eigenvalue weighted by atomic mass is 10.1. The Morgan fingerprint density at radius 2 is 2.24 bits per heavy atom. The Labute approximate surface area is 102 Å². The summed E-state index contributed by atoms with van der Waals surface area (Å²) in [6.07, 6.45) is 0. The fraction of sp³-hybridized carbons (Fsp3) is 0.462. The molecule has 0 aliphatic rings. The molecule has 0 aliphatic carbocycles. The second-order valence-corrected chi connectivity index (χ2v) is 3.72. The van der Waals surface area contributed by atoms with Crippen LogP contribution in [-0.2, 0) is 9.53 Å². The second-order valence-electron chi connectivity index (χ2n) is 3.72. The van der Waals surface area contributed by atoms with Crippen molar-refractivity contribution in [2.45, 2.75) is 19.9 Å². The van der Waals surface area contributed by atoms with E-state index in [-0.39, 0.29) is 18.6 Å². The van der Waals surface area contributed by atoms with Gasteiger partial charge in [0.1, 0.15) is 5.75 Å². The van der Waals surface area contributed by atoms with Gasteiger partial charge in [-0.1, -0.05) is 19.1 Å². The van der Waals surface area contributed by atoms with Gasteiger partial charge in [-0.05, 0) is 31.2 Å². The van der Waals surface area contributed by atoms with Crippen LogP contribution in [0.2, 0.25) is 0 Å². The fourth-order valence-corrected chi connectivity index (χ4v) is 1.50. The maximum atomic E-state index is 10.9. The molecule has 0 fully saturated rings. The van der Waals surface area contributed by atoms with Crippen molar-refractivity contribution in [2.24, 2.45) is 0 Å². The smallest absolute Gasteiger partial charge is 0.343 e. The lowest BCUT2D eigenvalue weighted by molar-refractivity contribution is -0.142. The summed E-state index contributed by atoms with van der Waals surface area (Å²) in [5.74, 6) is 0.299. The van der Waals surface area contributed by atoms with Gasteiger partial charge in [0.2, 0.25) is 0 Å². The van der Waals surface area contributed by atoms with Crippen LogP contribution < -0.4 is 10.1 Å². The molecule has 1 N–H and O–H groups in total. The molecule has 1 aromatic carbocycles. The summed E-state index contributed by atoms with van der Waals surface area (Å²) in [6, 6.07) is 7.96. The quantitative estimate of drug-likeness (QED) is 0.768. The van der Waals surface area contributed by atoms with E-state index in [4.69, 9.17) is 4.74 Å². The maximum Gasteiger partial charge on any atom is 0.343 e.